The normalized spacial score (nSPS) is 12.8. The summed E-state index contributed by atoms with van der Waals surface area (Å²) in [6.07, 6.45) is -7.22. The second-order valence-corrected chi connectivity index (χ2v) is 9.49. The third kappa shape index (κ3) is 6.68. The van der Waals surface area contributed by atoms with Crippen LogP contribution in [0, 0.1) is 0 Å². The number of carbonyl (C=O) groups excluding carboxylic acids is 1. The Labute approximate surface area is 235 Å². The Hall–Kier alpha value is -3.97. The minimum atomic E-state index is -5.02. The number of nitrogens with two attached hydrogens (primary N) is 1. The molecule has 0 saturated heterocycles. The molecule has 4 rings (SSSR count). The summed E-state index contributed by atoms with van der Waals surface area (Å²) in [5.41, 5.74) is 3.44. The van der Waals surface area contributed by atoms with Gasteiger partial charge in [-0.05, 0) is 54.4 Å². The third-order valence-corrected chi connectivity index (χ3v) is 6.67. The Bertz CT molecular complexity index is 1490. The van der Waals surface area contributed by atoms with Crippen molar-refractivity contribution in [1.29, 1.82) is 0 Å². The number of amides is 1. The largest absolute Gasteiger partial charge is 0.416 e. The molecule has 14 heteroatoms. The van der Waals surface area contributed by atoms with Gasteiger partial charge < -0.3 is 10.6 Å². The van der Waals surface area contributed by atoms with Gasteiger partial charge >= 0.3 is 12.4 Å². The summed E-state index contributed by atoms with van der Waals surface area (Å²) in [5.74, 6) is -0.610. The number of halogens is 7. The van der Waals surface area contributed by atoms with Crippen LogP contribution in [0.2, 0.25) is 5.02 Å². The van der Waals surface area contributed by atoms with Crippen LogP contribution in [0.5, 0.6) is 0 Å². The number of nitrogens with zero attached hydrogens (tertiary/aromatic N) is 5. The molecule has 0 saturated carbocycles. The molecular weight excluding hydrogens is 574 g/mol. The van der Waals surface area contributed by atoms with E-state index in [1.54, 1.807) is 31.2 Å². The number of alkyl halides is 6. The number of pyridine rings is 1. The number of aromatic nitrogens is 4. The lowest BCUT2D eigenvalue weighted by molar-refractivity contribution is -0.143. The number of benzene rings is 2. The molecule has 41 heavy (non-hydrogen) atoms. The van der Waals surface area contributed by atoms with Gasteiger partial charge in [-0.1, -0.05) is 35.0 Å². The van der Waals surface area contributed by atoms with E-state index in [1.165, 1.54) is 29.4 Å². The molecule has 216 valence electrons. The van der Waals surface area contributed by atoms with Crippen LogP contribution in [0.4, 0.5) is 26.3 Å². The van der Waals surface area contributed by atoms with E-state index in [-0.39, 0.29) is 36.1 Å². The van der Waals surface area contributed by atoms with Crippen molar-refractivity contribution < 1.29 is 31.1 Å². The van der Waals surface area contributed by atoms with Gasteiger partial charge in [0.25, 0.3) is 5.91 Å². The lowest BCUT2D eigenvalue weighted by Gasteiger charge is -2.29. The highest BCUT2D eigenvalue weighted by Gasteiger charge is 2.37. The van der Waals surface area contributed by atoms with Crippen molar-refractivity contribution in [3.8, 4) is 11.3 Å². The van der Waals surface area contributed by atoms with E-state index >= 15 is 0 Å². The average Bonchev–Trinajstić information content (AvgIpc) is 3.34. The number of hydrogen-bond donors (Lipinski definition) is 1. The summed E-state index contributed by atoms with van der Waals surface area (Å²) >= 11 is 6.36. The maximum atomic E-state index is 13.9. The Morgan fingerprint density at radius 3 is 2.17 bits per heavy atom. The molecule has 1 atom stereocenters. The smallest absolute Gasteiger partial charge is 0.329 e. The van der Waals surface area contributed by atoms with E-state index in [9.17, 15) is 31.1 Å². The second kappa shape index (κ2) is 11.9. The van der Waals surface area contributed by atoms with Gasteiger partial charge in [0, 0.05) is 36.1 Å². The summed E-state index contributed by atoms with van der Waals surface area (Å²) in [7, 11) is 0. The SMILES string of the molecule is C[C@H](c1ccccc1Cl)N(CCN)C(=O)c1nnn(Cc2cc(C(F)(F)F)cc(C(F)(F)F)c2)c1-c1ccncc1. The van der Waals surface area contributed by atoms with Crippen LogP contribution in [-0.2, 0) is 18.9 Å². The lowest BCUT2D eigenvalue weighted by Crippen LogP contribution is -2.38. The zero-order valence-electron chi connectivity index (χ0n) is 21.4. The minimum absolute atomic E-state index is 0.0460. The van der Waals surface area contributed by atoms with E-state index in [0.29, 0.717) is 28.3 Å². The van der Waals surface area contributed by atoms with Crippen LogP contribution in [-0.4, -0.2) is 43.9 Å². The lowest BCUT2D eigenvalue weighted by atomic mass is 10.0. The molecule has 1 amide bonds. The van der Waals surface area contributed by atoms with Crippen molar-refractivity contribution in [2.45, 2.75) is 31.9 Å². The molecule has 2 N–H and O–H groups in total. The highest BCUT2D eigenvalue weighted by Crippen LogP contribution is 2.37. The summed E-state index contributed by atoms with van der Waals surface area (Å²) in [5, 5.41) is 8.39. The van der Waals surface area contributed by atoms with Crippen molar-refractivity contribution in [2.24, 2.45) is 5.73 Å². The molecular formula is C27H23ClF6N6O. The molecule has 4 aromatic rings. The first kappa shape index (κ1) is 30.0. The zero-order valence-corrected chi connectivity index (χ0v) is 22.2. The second-order valence-electron chi connectivity index (χ2n) is 9.08. The van der Waals surface area contributed by atoms with Gasteiger partial charge in [0.05, 0.1) is 23.7 Å². The molecule has 0 fully saturated rings. The molecule has 0 spiro atoms. The standard InChI is InChI=1S/C27H23ClF6N6O/c1-16(21-4-2-3-5-22(21)28)39(11-8-35)25(41)23-24(18-6-9-36-10-7-18)40(38-37-23)15-17-12-19(26(29,30)31)14-20(13-17)27(32,33)34/h2-7,9-10,12-14,16H,8,11,15,35H2,1H3/t16-/m1/s1. The predicted molar refractivity (Wildman–Crippen MR) is 139 cm³/mol. The van der Waals surface area contributed by atoms with Gasteiger partial charge in [-0.3, -0.25) is 9.78 Å². The van der Waals surface area contributed by atoms with Crippen LogP contribution >= 0.6 is 11.6 Å². The van der Waals surface area contributed by atoms with E-state index in [1.807, 2.05) is 0 Å². The van der Waals surface area contributed by atoms with E-state index < -0.39 is 42.0 Å². The fraction of sp³-hybridized carbons (Fsp3) is 0.259. The highest BCUT2D eigenvalue weighted by molar-refractivity contribution is 6.31. The summed E-state index contributed by atoms with van der Waals surface area (Å²) < 4.78 is 81.8. The van der Waals surface area contributed by atoms with Crippen LogP contribution < -0.4 is 5.73 Å². The number of carbonyl (C=O) groups is 1. The van der Waals surface area contributed by atoms with Gasteiger partial charge in [-0.15, -0.1) is 5.10 Å². The molecule has 0 aliphatic heterocycles. The van der Waals surface area contributed by atoms with Crippen LogP contribution in [0.25, 0.3) is 11.3 Å². The van der Waals surface area contributed by atoms with E-state index in [0.717, 1.165) is 4.68 Å². The molecule has 0 radical (unpaired) electrons. The maximum Gasteiger partial charge on any atom is 0.416 e. The van der Waals surface area contributed by atoms with Crippen molar-refractivity contribution in [3.05, 3.63) is 100.0 Å². The fourth-order valence-corrected chi connectivity index (χ4v) is 4.67. The summed E-state index contributed by atoms with van der Waals surface area (Å²) in [4.78, 5) is 19.2. The Morgan fingerprint density at radius 1 is 1.00 bits per heavy atom. The maximum absolute atomic E-state index is 13.9. The first-order valence-corrected chi connectivity index (χ1v) is 12.6. The Kier molecular flexibility index (Phi) is 8.69. The monoisotopic (exact) mass is 596 g/mol. The van der Waals surface area contributed by atoms with Gasteiger partial charge in [0.2, 0.25) is 0 Å². The number of hydrogen-bond acceptors (Lipinski definition) is 5. The van der Waals surface area contributed by atoms with Gasteiger partial charge in [0.15, 0.2) is 5.69 Å². The number of rotatable bonds is 8. The predicted octanol–water partition coefficient (Wildman–Crippen LogP) is 6.24. The van der Waals surface area contributed by atoms with Crippen molar-refractivity contribution in [3.63, 3.8) is 0 Å². The zero-order chi connectivity index (χ0) is 29.9. The van der Waals surface area contributed by atoms with Crippen LogP contribution in [0.3, 0.4) is 0 Å². The first-order chi connectivity index (χ1) is 19.3. The molecule has 2 aromatic carbocycles. The molecule has 7 nitrogen and oxygen atoms in total. The van der Waals surface area contributed by atoms with E-state index in [2.05, 4.69) is 15.3 Å². The summed E-state index contributed by atoms with van der Waals surface area (Å²) in [6.45, 7) is 1.38. The Balaban J connectivity index is 1.82. The topological polar surface area (TPSA) is 89.9 Å². The molecule has 0 aliphatic rings. The molecule has 2 heterocycles. The van der Waals surface area contributed by atoms with Crippen LogP contribution in [0.15, 0.2) is 67.0 Å². The van der Waals surface area contributed by atoms with Crippen molar-refractivity contribution in [1.82, 2.24) is 24.9 Å². The van der Waals surface area contributed by atoms with Crippen molar-refractivity contribution >= 4 is 17.5 Å². The van der Waals surface area contributed by atoms with E-state index in [4.69, 9.17) is 17.3 Å². The fourth-order valence-electron chi connectivity index (χ4n) is 4.37. The molecule has 2 aromatic heterocycles. The van der Waals surface area contributed by atoms with Crippen molar-refractivity contribution in [2.75, 3.05) is 13.1 Å². The first-order valence-electron chi connectivity index (χ1n) is 12.2. The van der Waals surface area contributed by atoms with Gasteiger partial charge in [0.1, 0.15) is 5.69 Å². The quantitative estimate of drug-likeness (QED) is 0.243. The molecule has 0 bridgehead atoms. The van der Waals surface area contributed by atoms with Gasteiger partial charge in [-0.2, -0.15) is 26.3 Å². The third-order valence-electron chi connectivity index (χ3n) is 6.32. The highest BCUT2D eigenvalue weighted by atomic mass is 35.5. The minimum Gasteiger partial charge on any atom is -0.329 e. The van der Waals surface area contributed by atoms with Crippen LogP contribution in [0.1, 0.15) is 45.7 Å². The Morgan fingerprint density at radius 2 is 1.61 bits per heavy atom. The summed E-state index contributed by atoms with van der Waals surface area (Å²) in [6, 6.07) is 10.6. The molecule has 0 unspecified atom stereocenters. The average molecular weight is 597 g/mol. The molecule has 0 aliphatic carbocycles. The van der Waals surface area contributed by atoms with Gasteiger partial charge in [-0.25, -0.2) is 4.68 Å².